The number of nitrogens with two attached hydrogens (primary N) is 1. The van der Waals surface area contributed by atoms with Crippen LogP contribution in [0.5, 0.6) is 0 Å². The number of hydrogen-bond acceptors (Lipinski definition) is 5. The summed E-state index contributed by atoms with van der Waals surface area (Å²) in [5.74, 6) is 0.945. The van der Waals surface area contributed by atoms with E-state index in [4.69, 9.17) is 15.0 Å². The number of ether oxygens (including phenoxy) is 1. The summed E-state index contributed by atoms with van der Waals surface area (Å²) in [4.78, 5) is 4.04. The molecular weight excluding hydrogens is 158 g/mol. The standard InChI is InChI=1S/C7H13N3O2/c1-7(2,11-3)6-9-5(4-8)10-12-6/h4,8H2,1-3H3. The van der Waals surface area contributed by atoms with Gasteiger partial charge < -0.3 is 15.0 Å². The molecule has 5 nitrogen and oxygen atoms in total. The molecule has 12 heavy (non-hydrogen) atoms. The molecule has 0 saturated carbocycles. The molecule has 0 aromatic carbocycles. The first-order chi connectivity index (χ1) is 5.60. The third-order valence-electron chi connectivity index (χ3n) is 1.68. The Labute approximate surface area is 70.9 Å². The highest BCUT2D eigenvalue weighted by molar-refractivity contribution is 4.94. The summed E-state index contributed by atoms with van der Waals surface area (Å²) in [5.41, 5.74) is 4.78. The maximum Gasteiger partial charge on any atom is 0.258 e. The molecule has 2 N–H and O–H groups in total. The van der Waals surface area contributed by atoms with Crippen LogP contribution in [0.25, 0.3) is 0 Å². The van der Waals surface area contributed by atoms with Crippen molar-refractivity contribution in [3.8, 4) is 0 Å². The molecule has 0 radical (unpaired) electrons. The second-order valence-corrected chi connectivity index (χ2v) is 2.93. The summed E-state index contributed by atoms with van der Waals surface area (Å²) in [6, 6.07) is 0. The van der Waals surface area contributed by atoms with E-state index < -0.39 is 5.60 Å². The lowest BCUT2D eigenvalue weighted by Crippen LogP contribution is -2.20. The summed E-state index contributed by atoms with van der Waals surface area (Å²) in [7, 11) is 1.59. The zero-order valence-corrected chi connectivity index (χ0v) is 7.50. The summed E-state index contributed by atoms with van der Waals surface area (Å²) in [6.07, 6.45) is 0. The van der Waals surface area contributed by atoms with Crippen LogP contribution in [-0.4, -0.2) is 17.3 Å². The van der Waals surface area contributed by atoms with Crippen molar-refractivity contribution in [2.75, 3.05) is 7.11 Å². The second-order valence-electron chi connectivity index (χ2n) is 2.93. The van der Waals surface area contributed by atoms with Crippen molar-refractivity contribution in [1.82, 2.24) is 10.1 Å². The fourth-order valence-corrected chi connectivity index (χ4v) is 0.669. The Bertz CT molecular complexity index is 257. The van der Waals surface area contributed by atoms with E-state index in [1.54, 1.807) is 7.11 Å². The van der Waals surface area contributed by atoms with Gasteiger partial charge in [0.05, 0.1) is 6.54 Å². The van der Waals surface area contributed by atoms with Gasteiger partial charge >= 0.3 is 0 Å². The number of rotatable bonds is 3. The molecule has 5 heteroatoms. The summed E-state index contributed by atoms with van der Waals surface area (Å²) < 4.78 is 10.1. The van der Waals surface area contributed by atoms with Gasteiger partial charge in [0.15, 0.2) is 5.82 Å². The molecule has 0 fully saturated rings. The Hall–Kier alpha value is -0.940. The summed E-state index contributed by atoms with van der Waals surface area (Å²) >= 11 is 0. The van der Waals surface area contributed by atoms with Crippen LogP contribution in [0.4, 0.5) is 0 Å². The molecule has 0 amide bonds. The number of aromatic nitrogens is 2. The van der Waals surface area contributed by atoms with Gasteiger partial charge in [-0.1, -0.05) is 5.16 Å². The molecule has 0 aliphatic rings. The number of methoxy groups -OCH3 is 1. The normalized spacial score (nSPS) is 12.0. The maximum absolute atomic E-state index is 5.32. The lowest BCUT2D eigenvalue weighted by Gasteiger charge is -2.16. The van der Waals surface area contributed by atoms with Crippen molar-refractivity contribution in [1.29, 1.82) is 0 Å². The first kappa shape index (κ1) is 9.15. The molecule has 0 saturated heterocycles. The molecule has 1 rings (SSSR count). The van der Waals surface area contributed by atoms with E-state index >= 15 is 0 Å². The molecule has 1 aromatic rings. The fourth-order valence-electron chi connectivity index (χ4n) is 0.669. The largest absolute Gasteiger partial charge is 0.369 e. The van der Waals surface area contributed by atoms with Crippen LogP contribution in [0.3, 0.4) is 0 Å². The third-order valence-corrected chi connectivity index (χ3v) is 1.68. The lowest BCUT2D eigenvalue weighted by molar-refractivity contribution is -0.00786. The van der Waals surface area contributed by atoms with Crippen molar-refractivity contribution in [2.24, 2.45) is 5.73 Å². The first-order valence-corrected chi connectivity index (χ1v) is 3.68. The molecule has 1 aromatic heterocycles. The topological polar surface area (TPSA) is 74.2 Å². The SMILES string of the molecule is COC(C)(C)c1nc(CN)no1. The predicted molar refractivity (Wildman–Crippen MR) is 42.2 cm³/mol. The van der Waals surface area contributed by atoms with Gasteiger partial charge in [-0.25, -0.2) is 0 Å². The smallest absolute Gasteiger partial charge is 0.258 e. The molecule has 68 valence electrons. The number of hydrogen-bond donors (Lipinski definition) is 1. The first-order valence-electron chi connectivity index (χ1n) is 3.68. The van der Waals surface area contributed by atoms with Gasteiger partial charge in [-0.15, -0.1) is 0 Å². The van der Waals surface area contributed by atoms with E-state index in [2.05, 4.69) is 10.1 Å². The van der Waals surface area contributed by atoms with Gasteiger partial charge in [0.25, 0.3) is 5.89 Å². The van der Waals surface area contributed by atoms with Crippen molar-refractivity contribution < 1.29 is 9.26 Å². The molecule has 0 bridgehead atoms. The molecule has 0 unspecified atom stereocenters. The van der Waals surface area contributed by atoms with E-state index in [0.717, 1.165) is 0 Å². The average molecular weight is 171 g/mol. The Morgan fingerprint density at radius 2 is 2.25 bits per heavy atom. The van der Waals surface area contributed by atoms with Crippen LogP contribution >= 0.6 is 0 Å². The second kappa shape index (κ2) is 3.20. The average Bonchev–Trinajstić information content (AvgIpc) is 2.52. The number of nitrogens with zero attached hydrogens (tertiary/aromatic N) is 2. The van der Waals surface area contributed by atoms with Gasteiger partial charge in [0, 0.05) is 7.11 Å². The summed E-state index contributed by atoms with van der Waals surface area (Å²) in [5, 5.41) is 3.66. The van der Waals surface area contributed by atoms with Gasteiger partial charge in [-0.05, 0) is 13.8 Å². The van der Waals surface area contributed by atoms with Gasteiger partial charge in [0.1, 0.15) is 5.60 Å². The van der Waals surface area contributed by atoms with E-state index in [1.807, 2.05) is 13.8 Å². The lowest BCUT2D eigenvalue weighted by atomic mass is 10.1. The van der Waals surface area contributed by atoms with Crippen molar-refractivity contribution in [3.05, 3.63) is 11.7 Å². The minimum absolute atomic E-state index is 0.281. The highest BCUT2D eigenvalue weighted by Gasteiger charge is 2.26. The van der Waals surface area contributed by atoms with Crippen molar-refractivity contribution >= 4 is 0 Å². The van der Waals surface area contributed by atoms with Crippen LogP contribution in [0.2, 0.25) is 0 Å². The van der Waals surface area contributed by atoms with Crippen molar-refractivity contribution in [3.63, 3.8) is 0 Å². The molecule has 1 heterocycles. The molecule has 0 atom stereocenters. The zero-order valence-electron chi connectivity index (χ0n) is 7.50. The molecule has 0 spiro atoms. The van der Waals surface area contributed by atoms with E-state index in [1.165, 1.54) is 0 Å². The predicted octanol–water partition coefficient (Wildman–Crippen LogP) is 0.410. The van der Waals surface area contributed by atoms with E-state index in [0.29, 0.717) is 11.7 Å². The monoisotopic (exact) mass is 171 g/mol. The highest BCUT2D eigenvalue weighted by Crippen LogP contribution is 2.21. The van der Waals surface area contributed by atoms with Gasteiger partial charge in [-0.2, -0.15) is 4.98 Å². The van der Waals surface area contributed by atoms with Crippen LogP contribution < -0.4 is 5.73 Å². The molecule has 0 aliphatic heterocycles. The Kier molecular flexibility index (Phi) is 2.44. The van der Waals surface area contributed by atoms with Crippen molar-refractivity contribution in [2.45, 2.75) is 26.0 Å². The Balaban J connectivity index is 2.88. The summed E-state index contributed by atoms with van der Waals surface area (Å²) in [6.45, 7) is 3.98. The quantitative estimate of drug-likeness (QED) is 0.713. The maximum atomic E-state index is 5.32. The minimum Gasteiger partial charge on any atom is -0.369 e. The highest BCUT2D eigenvalue weighted by atomic mass is 16.5. The van der Waals surface area contributed by atoms with Crippen LogP contribution in [-0.2, 0) is 16.9 Å². The van der Waals surface area contributed by atoms with E-state index in [-0.39, 0.29) is 6.54 Å². The van der Waals surface area contributed by atoms with Crippen LogP contribution in [0.15, 0.2) is 4.52 Å². The molecular formula is C7H13N3O2. The Morgan fingerprint density at radius 1 is 1.58 bits per heavy atom. The van der Waals surface area contributed by atoms with Crippen LogP contribution in [0.1, 0.15) is 25.6 Å². The van der Waals surface area contributed by atoms with Gasteiger partial charge in [0.2, 0.25) is 0 Å². The fraction of sp³-hybridized carbons (Fsp3) is 0.714. The zero-order chi connectivity index (χ0) is 9.19. The minimum atomic E-state index is -0.541. The third kappa shape index (κ3) is 1.62. The van der Waals surface area contributed by atoms with Gasteiger partial charge in [-0.3, -0.25) is 0 Å². The Morgan fingerprint density at radius 3 is 2.67 bits per heavy atom. The van der Waals surface area contributed by atoms with E-state index in [9.17, 15) is 0 Å². The molecule has 0 aliphatic carbocycles. The van der Waals surface area contributed by atoms with Crippen LogP contribution in [0, 0.1) is 0 Å².